The lowest BCUT2D eigenvalue weighted by Crippen LogP contribution is -2.21. The Hall–Kier alpha value is -1.11. The van der Waals surface area contributed by atoms with Gasteiger partial charge in [-0.2, -0.15) is 8.42 Å². The zero-order chi connectivity index (χ0) is 9.90. The number of nitrogens with two attached hydrogens (primary N) is 2. The monoisotopic (exact) mass is 201 g/mol. The summed E-state index contributed by atoms with van der Waals surface area (Å²) in [6, 6.07) is 6.73. The van der Waals surface area contributed by atoms with Gasteiger partial charge in [-0.3, -0.25) is 4.72 Å². The van der Waals surface area contributed by atoms with E-state index in [1.54, 1.807) is 24.3 Å². The van der Waals surface area contributed by atoms with Gasteiger partial charge in [0.05, 0.1) is 5.69 Å². The van der Waals surface area contributed by atoms with Crippen LogP contribution >= 0.6 is 0 Å². The largest absolute Gasteiger partial charge is 0.326 e. The first kappa shape index (κ1) is 9.97. The van der Waals surface area contributed by atoms with Gasteiger partial charge < -0.3 is 5.73 Å². The van der Waals surface area contributed by atoms with Crippen molar-refractivity contribution in [3.05, 3.63) is 29.8 Å². The summed E-state index contributed by atoms with van der Waals surface area (Å²) in [4.78, 5) is 0. The van der Waals surface area contributed by atoms with Crippen molar-refractivity contribution in [2.45, 2.75) is 6.54 Å². The predicted octanol–water partition coefficient (Wildman–Crippen LogP) is -0.239. The van der Waals surface area contributed by atoms with Gasteiger partial charge in [0.1, 0.15) is 0 Å². The van der Waals surface area contributed by atoms with E-state index in [4.69, 9.17) is 10.9 Å². The molecule has 1 aromatic rings. The molecule has 0 spiro atoms. The Balaban J connectivity index is 2.90. The molecule has 0 amide bonds. The maximum atomic E-state index is 10.6. The SMILES string of the molecule is NCc1cccc(NS(N)(=O)=O)c1. The highest BCUT2D eigenvalue weighted by molar-refractivity contribution is 7.90. The number of hydrogen-bond acceptors (Lipinski definition) is 3. The fourth-order valence-electron chi connectivity index (χ4n) is 0.926. The molecular weight excluding hydrogens is 190 g/mol. The second-order valence-electron chi connectivity index (χ2n) is 2.55. The first-order valence-corrected chi connectivity index (χ1v) is 5.15. The zero-order valence-corrected chi connectivity index (χ0v) is 7.71. The van der Waals surface area contributed by atoms with Crippen LogP contribution in [-0.2, 0) is 16.8 Å². The van der Waals surface area contributed by atoms with Gasteiger partial charge in [-0.05, 0) is 17.7 Å². The van der Waals surface area contributed by atoms with Gasteiger partial charge in [0.25, 0.3) is 10.2 Å². The third kappa shape index (κ3) is 3.41. The van der Waals surface area contributed by atoms with Crippen LogP contribution in [0.2, 0.25) is 0 Å². The molecule has 0 heterocycles. The number of anilines is 1. The Morgan fingerprint density at radius 1 is 1.38 bits per heavy atom. The van der Waals surface area contributed by atoms with E-state index in [1.807, 2.05) is 0 Å². The van der Waals surface area contributed by atoms with E-state index in [1.165, 1.54) is 0 Å². The second-order valence-corrected chi connectivity index (χ2v) is 3.85. The topological polar surface area (TPSA) is 98.2 Å². The summed E-state index contributed by atoms with van der Waals surface area (Å²) in [6.07, 6.45) is 0. The van der Waals surface area contributed by atoms with Crippen molar-refractivity contribution < 1.29 is 8.42 Å². The average Bonchev–Trinajstić information content (AvgIpc) is 2.01. The summed E-state index contributed by atoms with van der Waals surface area (Å²) < 4.78 is 23.4. The van der Waals surface area contributed by atoms with Crippen LogP contribution < -0.4 is 15.6 Å². The molecule has 1 aromatic carbocycles. The van der Waals surface area contributed by atoms with Gasteiger partial charge in [0, 0.05) is 6.54 Å². The van der Waals surface area contributed by atoms with Crippen LogP contribution in [-0.4, -0.2) is 8.42 Å². The number of nitrogens with one attached hydrogen (secondary N) is 1. The Labute approximate surface area is 76.9 Å². The Bertz CT molecular complexity index is 388. The average molecular weight is 201 g/mol. The van der Waals surface area contributed by atoms with E-state index in [2.05, 4.69) is 4.72 Å². The first-order chi connectivity index (χ1) is 6.01. The smallest absolute Gasteiger partial charge is 0.296 e. The minimum absolute atomic E-state index is 0.361. The standard InChI is InChI=1S/C7H11N3O2S/c8-5-6-2-1-3-7(4-6)10-13(9,11)12/h1-4,10H,5,8H2,(H2,9,11,12). The van der Waals surface area contributed by atoms with Crippen molar-refractivity contribution in [1.29, 1.82) is 0 Å². The summed E-state index contributed by atoms with van der Waals surface area (Å²) in [5, 5.41) is 4.79. The van der Waals surface area contributed by atoms with Crippen LogP contribution in [0.4, 0.5) is 5.69 Å². The van der Waals surface area contributed by atoms with E-state index in [-0.39, 0.29) is 0 Å². The molecule has 1 rings (SSSR count). The highest BCUT2D eigenvalue weighted by atomic mass is 32.2. The summed E-state index contributed by atoms with van der Waals surface area (Å²) in [5.74, 6) is 0. The summed E-state index contributed by atoms with van der Waals surface area (Å²) >= 11 is 0. The number of rotatable bonds is 3. The van der Waals surface area contributed by atoms with Crippen LogP contribution in [0.3, 0.4) is 0 Å². The fourth-order valence-corrected chi connectivity index (χ4v) is 1.38. The Morgan fingerprint density at radius 2 is 2.08 bits per heavy atom. The van der Waals surface area contributed by atoms with Crippen molar-refractivity contribution in [3.8, 4) is 0 Å². The third-order valence-corrected chi connectivity index (χ3v) is 1.94. The molecule has 0 unspecified atom stereocenters. The molecule has 0 saturated carbocycles. The van der Waals surface area contributed by atoms with E-state index >= 15 is 0 Å². The van der Waals surface area contributed by atoms with E-state index in [0.717, 1.165) is 5.56 Å². The molecule has 0 atom stereocenters. The molecule has 0 radical (unpaired) electrons. The molecule has 0 aliphatic carbocycles. The normalized spacial score (nSPS) is 11.2. The van der Waals surface area contributed by atoms with Crippen LogP contribution in [0.5, 0.6) is 0 Å². The van der Waals surface area contributed by atoms with E-state index in [9.17, 15) is 8.42 Å². The molecule has 0 aromatic heterocycles. The third-order valence-electron chi connectivity index (χ3n) is 1.42. The lowest BCUT2D eigenvalue weighted by molar-refractivity contribution is 0.603. The molecule has 0 fully saturated rings. The predicted molar refractivity (Wildman–Crippen MR) is 51.1 cm³/mol. The second kappa shape index (κ2) is 3.73. The van der Waals surface area contributed by atoms with E-state index in [0.29, 0.717) is 12.2 Å². The highest BCUT2D eigenvalue weighted by Crippen LogP contribution is 2.10. The summed E-state index contributed by atoms with van der Waals surface area (Å²) in [5.41, 5.74) is 6.64. The molecule has 13 heavy (non-hydrogen) atoms. The maximum Gasteiger partial charge on any atom is 0.296 e. The molecule has 6 heteroatoms. The molecule has 0 aliphatic heterocycles. The van der Waals surface area contributed by atoms with Gasteiger partial charge in [0.15, 0.2) is 0 Å². The van der Waals surface area contributed by atoms with Gasteiger partial charge in [-0.15, -0.1) is 0 Å². The summed E-state index contributed by atoms with van der Waals surface area (Å²) in [6.45, 7) is 0.361. The lowest BCUT2D eigenvalue weighted by atomic mass is 10.2. The molecular formula is C7H11N3O2S. The maximum absolute atomic E-state index is 10.6. The van der Waals surface area contributed by atoms with Crippen molar-refractivity contribution >= 4 is 15.9 Å². The van der Waals surface area contributed by atoms with Crippen molar-refractivity contribution in [2.75, 3.05) is 4.72 Å². The lowest BCUT2D eigenvalue weighted by Gasteiger charge is -2.04. The molecule has 5 N–H and O–H groups in total. The number of hydrogen-bond donors (Lipinski definition) is 3. The Kier molecular flexibility index (Phi) is 2.86. The quantitative estimate of drug-likeness (QED) is 0.629. The minimum atomic E-state index is -3.69. The van der Waals surface area contributed by atoms with Crippen molar-refractivity contribution in [2.24, 2.45) is 10.9 Å². The van der Waals surface area contributed by atoms with E-state index < -0.39 is 10.2 Å². The highest BCUT2D eigenvalue weighted by Gasteiger charge is 2.01. The van der Waals surface area contributed by atoms with Gasteiger partial charge in [-0.25, -0.2) is 5.14 Å². The first-order valence-electron chi connectivity index (χ1n) is 3.61. The van der Waals surface area contributed by atoms with Crippen molar-refractivity contribution in [3.63, 3.8) is 0 Å². The van der Waals surface area contributed by atoms with Gasteiger partial charge in [0.2, 0.25) is 0 Å². The molecule has 0 bridgehead atoms. The zero-order valence-electron chi connectivity index (χ0n) is 6.90. The van der Waals surface area contributed by atoms with Gasteiger partial charge in [-0.1, -0.05) is 12.1 Å². The fraction of sp³-hybridized carbons (Fsp3) is 0.143. The van der Waals surface area contributed by atoms with Crippen LogP contribution in [0, 0.1) is 0 Å². The van der Waals surface area contributed by atoms with Crippen LogP contribution in [0.25, 0.3) is 0 Å². The molecule has 72 valence electrons. The van der Waals surface area contributed by atoms with Gasteiger partial charge >= 0.3 is 0 Å². The van der Waals surface area contributed by atoms with Crippen LogP contribution in [0.15, 0.2) is 24.3 Å². The summed E-state index contributed by atoms with van der Waals surface area (Å²) in [7, 11) is -3.69. The Morgan fingerprint density at radius 3 is 2.62 bits per heavy atom. The van der Waals surface area contributed by atoms with Crippen LogP contribution in [0.1, 0.15) is 5.56 Å². The molecule has 0 aliphatic rings. The number of benzene rings is 1. The van der Waals surface area contributed by atoms with Crippen molar-refractivity contribution in [1.82, 2.24) is 0 Å². The minimum Gasteiger partial charge on any atom is -0.326 e. The molecule has 0 saturated heterocycles. The molecule has 5 nitrogen and oxygen atoms in total.